The number of hydrogen-bond acceptors (Lipinski definition) is 9. The Kier molecular flexibility index (Phi) is 6.01. The van der Waals surface area contributed by atoms with E-state index in [1.54, 1.807) is 0 Å². The summed E-state index contributed by atoms with van der Waals surface area (Å²) in [6.45, 7) is 0. The maximum atomic E-state index is 12.7. The zero-order chi connectivity index (χ0) is 23.4. The second kappa shape index (κ2) is 8.83. The van der Waals surface area contributed by atoms with Crippen molar-refractivity contribution in [3.63, 3.8) is 0 Å². The lowest BCUT2D eigenvalue weighted by Crippen LogP contribution is -2.20. The number of carboxylic acids is 2. The quantitative estimate of drug-likeness (QED) is 0.251. The Morgan fingerprint density at radius 1 is 0.688 bits per heavy atom. The normalized spacial score (nSPS) is 10.2. The molecule has 1 aromatic heterocycles. The first-order valence-corrected chi connectivity index (χ1v) is 8.83. The van der Waals surface area contributed by atoms with Gasteiger partial charge in [0.1, 0.15) is 0 Å². The predicted octanol–water partition coefficient (Wildman–Crippen LogP) is 2.08. The summed E-state index contributed by atoms with van der Waals surface area (Å²) < 4.78 is 10.3. The average molecular weight is 437 g/mol. The second-order valence-corrected chi connectivity index (χ2v) is 6.22. The number of aromatic nitrogens is 1. The number of carbonyl (C=O) groups excluding carboxylic acids is 2. The lowest BCUT2D eigenvalue weighted by Gasteiger charge is -2.12. The highest BCUT2D eigenvalue weighted by Crippen LogP contribution is 2.28. The fourth-order valence-electron chi connectivity index (χ4n) is 2.67. The summed E-state index contributed by atoms with van der Waals surface area (Å²) in [5.41, 5.74) is 9.63. The molecule has 0 aliphatic carbocycles. The van der Waals surface area contributed by atoms with E-state index in [9.17, 15) is 19.2 Å². The highest BCUT2D eigenvalue weighted by molar-refractivity contribution is 6.04. The summed E-state index contributed by atoms with van der Waals surface area (Å²) >= 11 is 0. The van der Waals surface area contributed by atoms with E-state index >= 15 is 0 Å². The van der Waals surface area contributed by atoms with E-state index in [0.717, 1.165) is 0 Å². The number of nitrogen functional groups attached to an aromatic ring is 2. The third-order valence-corrected chi connectivity index (χ3v) is 4.22. The van der Waals surface area contributed by atoms with Crippen LogP contribution >= 0.6 is 0 Å². The number of carbonyl (C=O) groups is 4. The molecule has 3 rings (SSSR count). The van der Waals surface area contributed by atoms with E-state index in [4.69, 9.17) is 31.2 Å². The molecule has 2 aromatic carbocycles. The molecule has 162 valence electrons. The van der Waals surface area contributed by atoms with Crippen LogP contribution in [0.5, 0.6) is 11.5 Å². The minimum atomic E-state index is -1.32. The zero-order valence-corrected chi connectivity index (χ0v) is 16.1. The maximum absolute atomic E-state index is 12.7. The molecule has 0 bridgehead atoms. The molecule has 6 N–H and O–H groups in total. The van der Waals surface area contributed by atoms with Crippen molar-refractivity contribution in [2.45, 2.75) is 0 Å². The van der Waals surface area contributed by atoms with Gasteiger partial charge in [0.15, 0.2) is 17.2 Å². The minimum absolute atomic E-state index is 0.225. The van der Waals surface area contributed by atoms with Gasteiger partial charge in [-0.25, -0.2) is 24.2 Å². The van der Waals surface area contributed by atoms with Crippen LogP contribution in [0.4, 0.5) is 11.4 Å². The number of pyridine rings is 1. The van der Waals surface area contributed by atoms with Crippen LogP contribution in [0.15, 0.2) is 54.7 Å². The fraction of sp³-hybridized carbons (Fsp3) is 0. The Balaban J connectivity index is 1.90. The number of rotatable bonds is 6. The summed E-state index contributed by atoms with van der Waals surface area (Å²) in [6, 6.07) is 10.3. The lowest BCUT2D eigenvalue weighted by molar-refractivity contribution is 0.0678. The number of anilines is 2. The number of para-hydroxylation sites is 2. The van der Waals surface area contributed by atoms with Crippen molar-refractivity contribution in [1.82, 2.24) is 4.98 Å². The van der Waals surface area contributed by atoms with E-state index in [2.05, 4.69) is 4.98 Å². The van der Waals surface area contributed by atoms with E-state index in [0.29, 0.717) is 0 Å². The molecule has 0 saturated carbocycles. The van der Waals surface area contributed by atoms with Gasteiger partial charge in [0.2, 0.25) is 0 Å². The van der Waals surface area contributed by atoms with Crippen LogP contribution in [0.3, 0.4) is 0 Å². The van der Waals surface area contributed by atoms with Crippen molar-refractivity contribution in [3.05, 3.63) is 77.1 Å². The first kappa shape index (κ1) is 21.8. The van der Waals surface area contributed by atoms with Crippen LogP contribution in [-0.2, 0) is 0 Å². The molecule has 0 fully saturated rings. The van der Waals surface area contributed by atoms with Crippen molar-refractivity contribution >= 4 is 35.3 Å². The fourth-order valence-corrected chi connectivity index (χ4v) is 2.67. The molecule has 0 atom stereocenters. The summed E-state index contributed by atoms with van der Waals surface area (Å²) in [7, 11) is 0. The molecule has 11 nitrogen and oxygen atoms in total. The Labute approximate surface area is 179 Å². The third kappa shape index (κ3) is 4.31. The van der Waals surface area contributed by atoms with Gasteiger partial charge in [-0.05, 0) is 36.4 Å². The molecule has 1 heterocycles. The molecule has 0 aliphatic heterocycles. The third-order valence-electron chi connectivity index (χ3n) is 4.22. The first-order chi connectivity index (χ1) is 15.2. The number of esters is 2. The van der Waals surface area contributed by atoms with Gasteiger partial charge in [-0.15, -0.1) is 0 Å². The highest BCUT2D eigenvalue weighted by Gasteiger charge is 2.24. The SMILES string of the molecule is Nc1c(OC(=O)c2cccnc2C(=O)Oc2cccc(C(=O)O)c2N)cccc1C(=O)O. The topological polar surface area (TPSA) is 192 Å². The molecule has 0 unspecified atom stereocenters. The van der Waals surface area contributed by atoms with Crippen molar-refractivity contribution in [1.29, 1.82) is 0 Å². The molecule has 0 aliphatic rings. The Morgan fingerprint density at radius 3 is 1.66 bits per heavy atom. The molecule has 0 saturated heterocycles. The van der Waals surface area contributed by atoms with Gasteiger partial charge in [-0.1, -0.05) is 12.1 Å². The summed E-state index contributed by atoms with van der Waals surface area (Å²) in [4.78, 5) is 51.5. The number of nitrogens with zero attached hydrogens (tertiary/aromatic N) is 1. The van der Waals surface area contributed by atoms with Gasteiger partial charge in [0.05, 0.1) is 28.1 Å². The summed E-state index contributed by atoms with van der Waals surface area (Å²) in [5, 5.41) is 18.3. The molecule has 0 spiro atoms. The van der Waals surface area contributed by atoms with Crippen LogP contribution in [0.25, 0.3) is 0 Å². The van der Waals surface area contributed by atoms with Crippen LogP contribution in [0, 0.1) is 0 Å². The van der Waals surface area contributed by atoms with Crippen molar-refractivity contribution in [3.8, 4) is 11.5 Å². The molecule has 3 aromatic rings. The van der Waals surface area contributed by atoms with Gasteiger partial charge in [-0.3, -0.25) is 0 Å². The van der Waals surface area contributed by atoms with Gasteiger partial charge in [-0.2, -0.15) is 0 Å². The largest absolute Gasteiger partial charge is 0.478 e. The zero-order valence-electron chi connectivity index (χ0n) is 16.1. The molecule has 32 heavy (non-hydrogen) atoms. The lowest BCUT2D eigenvalue weighted by atomic mass is 10.1. The minimum Gasteiger partial charge on any atom is -0.478 e. The molecule has 11 heteroatoms. The monoisotopic (exact) mass is 437 g/mol. The molecular formula is C21H15N3O8. The Hall–Kier alpha value is -4.93. The molecular weight excluding hydrogens is 422 g/mol. The number of benzene rings is 2. The number of carboxylic acid groups (broad SMARTS) is 2. The number of aromatic carboxylic acids is 2. The van der Waals surface area contributed by atoms with E-state index in [1.807, 2.05) is 0 Å². The van der Waals surface area contributed by atoms with Crippen LogP contribution in [-0.4, -0.2) is 39.1 Å². The highest BCUT2D eigenvalue weighted by atomic mass is 16.5. The van der Waals surface area contributed by atoms with Crippen molar-refractivity contribution < 1.29 is 38.9 Å². The number of nitrogens with two attached hydrogens (primary N) is 2. The summed E-state index contributed by atoms with van der Waals surface area (Å²) in [5.74, 6) is -5.24. The van der Waals surface area contributed by atoms with Crippen LogP contribution in [0.1, 0.15) is 41.6 Å². The van der Waals surface area contributed by atoms with Crippen molar-refractivity contribution in [2.75, 3.05) is 11.5 Å². The smallest absolute Gasteiger partial charge is 0.363 e. The standard InChI is InChI=1S/C21H15N3O8/c22-15-10(18(25)26)4-1-7-13(15)31-20(29)12-6-3-9-24-17(12)21(30)32-14-8-2-5-11(16(14)23)19(27)28/h1-9H,22-23H2,(H,25,26)(H,27,28). The first-order valence-electron chi connectivity index (χ1n) is 8.83. The predicted molar refractivity (Wildman–Crippen MR) is 110 cm³/mol. The van der Waals surface area contributed by atoms with Crippen LogP contribution < -0.4 is 20.9 Å². The van der Waals surface area contributed by atoms with E-state index in [1.165, 1.54) is 54.7 Å². The van der Waals surface area contributed by atoms with Crippen LogP contribution in [0.2, 0.25) is 0 Å². The second-order valence-electron chi connectivity index (χ2n) is 6.22. The van der Waals surface area contributed by atoms with Gasteiger partial charge in [0.25, 0.3) is 0 Å². The number of ether oxygens (including phenoxy) is 2. The van der Waals surface area contributed by atoms with E-state index in [-0.39, 0.29) is 39.6 Å². The van der Waals surface area contributed by atoms with Gasteiger partial charge in [0, 0.05) is 6.20 Å². The maximum Gasteiger partial charge on any atom is 0.363 e. The van der Waals surface area contributed by atoms with Gasteiger partial charge < -0.3 is 31.2 Å². The van der Waals surface area contributed by atoms with Crippen molar-refractivity contribution in [2.24, 2.45) is 0 Å². The van der Waals surface area contributed by atoms with Gasteiger partial charge >= 0.3 is 23.9 Å². The summed E-state index contributed by atoms with van der Waals surface area (Å²) in [6.07, 6.45) is 1.23. The van der Waals surface area contributed by atoms with E-state index < -0.39 is 29.6 Å². The number of hydrogen-bond donors (Lipinski definition) is 4. The Morgan fingerprint density at radius 2 is 1.16 bits per heavy atom. The Bertz CT molecular complexity index is 1160. The average Bonchev–Trinajstić information content (AvgIpc) is 2.76. The molecule has 0 amide bonds. The molecule has 0 radical (unpaired) electrons.